The van der Waals surface area contributed by atoms with Crippen LogP contribution in [0.5, 0.6) is 0 Å². The summed E-state index contributed by atoms with van der Waals surface area (Å²) in [6.45, 7) is 10.4. The van der Waals surface area contributed by atoms with Gasteiger partial charge in [0.2, 0.25) is 5.91 Å². The van der Waals surface area contributed by atoms with Crippen LogP contribution in [0.3, 0.4) is 0 Å². The normalized spacial score (nSPS) is 17.3. The number of rotatable bonds is 7. The summed E-state index contributed by atoms with van der Waals surface area (Å²) in [6.07, 6.45) is 3.95. The average molecular weight is 316 g/mol. The quantitative estimate of drug-likeness (QED) is 0.831. The number of piperidine rings is 1. The molecule has 1 saturated heterocycles. The molecular formula is C20H32N2O. The van der Waals surface area contributed by atoms with Crippen LogP contribution < -0.4 is 5.32 Å². The number of aryl methyl sites for hydroxylation is 1. The molecule has 0 aliphatic carbocycles. The largest absolute Gasteiger partial charge is 0.343 e. The topological polar surface area (TPSA) is 32.3 Å². The van der Waals surface area contributed by atoms with E-state index >= 15 is 0 Å². The Hall–Kier alpha value is -1.35. The van der Waals surface area contributed by atoms with Crippen LogP contribution in [0.4, 0.5) is 0 Å². The highest BCUT2D eigenvalue weighted by molar-refractivity contribution is 5.77. The van der Waals surface area contributed by atoms with Crippen LogP contribution in [-0.4, -0.2) is 37.0 Å². The molecule has 1 amide bonds. The van der Waals surface area contributed by atoms with Crippen LogP contribution in [0.25, 0.3) is 0 Å². The van der Waals surface area contributed by atoms with Crippen LogP contribution >= 0.6 is 0 Å². The van der Waals surface area contributed by atoms with Gasteiger partial charge in [0.15, 0.2) is 0 Å². The maximum Gasteiger partial charge on any atom is 0.223 e. The summed E-state index contributed by atoms with van der Waals surface area (Å²) in [5.41, 5.74) is 2.58. The number of nitrogens with zero attached hydrogens (tertiary/aromatic N) is 1. The Morgan fingerprint density at radius 3 is 2.43 bits per heavy atom. The van der Waals surface area contributed by atoms with Crippen LogP contribution in [0.1, 0.15) is 56.6 Å². The standard InChI is InChI=1S/C20H32N2O/c1-4-18(19-8-6-16(3)7-9-19)14-20(23)22-12-10-17(11-13-22)15-21-5-2/h6-9,17-18,21H,4-5,10-15H2,1-3H3. The van der Waals surface area contributed by atoms with Crippen LogP contribution in [0.15, 0.2) is 24.3 Å². The zero-order valence-electron chi connectivity index (χ0n) is 15.0. The lowest BCUT2D eigenvalue weighted by Gasteiger charge is -2.33. The number of carbonyl (C=O) groups is 1. The first kappa shape index (κ1) is 18.0. The van der Waals surface area contributed by atoms with Gasteiger partial charge in [-0.05, 0) is 56.7 Å². The fourth-order valence-corrected chi connectivity index (χ4v) is 3.41. The number of likely N-dealkylation sites (tertiary alicyclic amines) is 1. The minimum atomic E-state index is 0.333. The summed E-state index contributed by atoms with van der Waals surface area (Å²) in [5.74, 6) is 1.42. The Balaban J connectivity index is 1.84. The first-order chi connectivity index (χ1) is 11.1. The molecule has 1 aliphatic rings. The Morgan fingerprint density at radius 1 is 1.22 bits per heavy atom. The van der Waals surface area contributed by atoms with Gasteiger partial charge in [0.25, 0.3) is 0 Å². The second-order valence-electron chi connectivity index (χ2n) is 6.85. The molecule has 1 heterocycles. The van der Waals surface area contributed by atoms with Crippen LogP contribution in [-0.2, 0) is 4.79 Å². The van der Waals surface area contributed by atoms with E-state index in [1.807, 2.05) is 0 Å². The maximum absolute atomic E-state index is 12.6. The van der Waals surface area contributed by atoms with Gasteiger partial charge in [0.1, 0.15) is 0 Å². The van der Waals surface area contributed by atoms with Gasteiger partial charge in [-0.2, -0.15) is 0 Å². The molecule has 128 valence electrons. The molecule has 1 fully saturated rings. The molecule has 1 atom stereocenters. The fourth-order valence-electron chi connectivity index (χ4n) is 3.41. The molecule has 23 heavy (non-hydrogen) atoms. The maximum atomic E-state index is 12.6. The van der Waals surface area contributed by atoms with Crippen molar-refractivity contribution in [1.29, 1.82) is 0 Å². The molecule has 1 aromatic carbocycles. The highest BCUT2D eigenvalue weighted by Crippen LogP contribution is 2.26. The molecular weight excluding hydrogens is 284 g/mol. The molecule has 3 heteroatoms. The van der Waals surface area contributed by atoms with E-state index in [1.165, 1.54) is 11.1 Å². The zero-order valence-corrected chi connectivity index (χ0v) is 15.0. The zero-order chi connectivity index (χ0) is 16.7. The van der Waals surface area contributed by atoms with E-state index in [9.17, 15) is 4.79 Å². The number of hydrogen-bond donors (Lipinski definition) is 1. The number of amides is 1. The van der Waals surface area contributed by atoms with E-state index in [0.717, 1.165) is 51.4 Å². The van der Waals surface area contributed by atoms with Crippen LogP contribution in [0.2, 0.25) is 0 Å². The lowest BCUT2D eigenvalue weighted by molar-refractivity contribution is -0.133. The molecule has 0 spiro atoms. The Morgan fingerprint density at radius 2 is 1.87 bits per heavy atom. The minimum Gasteiger partial charge on any atom is -0.343 e. The summed E-state index contributed by atoms with van der Waals surface area (Å²) in [5, 5.41) is 3.43. The molecule has 2 rings (SSSR count). The second-order valence-corrected chi connectivity index (χ2v) is 6.85. The van der Waals surface area contributed by atoms with E-state index in [1.54, 1.807) is 0 Å². The van der Waals surface area contributed by atoms with Crippen molar-refractivity contribution in [1.82, 2.24) is 10.2 Å². The van der Waals surface area contributed by atoms with E-state index in [0.29, 0.717) is 18.2 Å². The van der Waals surface area contributed by atoms with Crippen LogP contribution in [0, 0.1) is 12.8 Å². The van der Waals surface area contributed by atoms with E-state index < -0.39 is 0 Å². The monoisotopic (exact) mass is 316 g/mol. The second kappa shape index (κ2) is 9.07. The first-order valence-electron chi connectivity index (χ1n) is 9.19. The molecule has 1 aliphatic heterocycles. The highest BCUT2D eigenvalue weighted by atomic mass is 16.2. The lowest BCUT2D eigenvalue weighted by Crippen LogP contribution is -2.41. The number of carbonyl (C=O) groups excluding carboxylic acids is 1. The average Bonchev–Trinajstić information content (AvgIpc) is 2.59. The fraction of sp³-hybridized carbons (Fsp3) is 0.650. The highest BCUT2D eigenvalue weighted by Gasteiger charge is 2.24. The van der Waals surface area contributed by atoms with Gasteiger partial charge >= 0.3 is 0 Å². The Labute approximate surface area is 141 Å². The third kappa shape index (κ3) is 5.35. The van der Waals surface area contributed by atoms with Gasteiger partial charge in [0, 0.05) is 19.5 Å². The van der Waals surface area contributed by atoms with Crippen molar-refractivity contribution in [2.45, 2.75) is 52.4 Å². The minimum absolute atomic E-state index is 0.333. The predicted octanol–water partition coefficient (Wildman–Crippen LogP) is 3.73. The molecule has 0 saturated carbocycles. The first-order valence-corrected chi connectivity index (χ1v) is 9.19. The summed E-state index contributed by atoms with van der Waals surface area (Å²) in [7, 11) is 0. The molecule has 1 aromatic rings. The van der Waals surface area contributed by atoms with Gasteiger partial charge < -0.3 is 10.2 Å². The van der Waals surface area contributed by atoms with E-state index in [-0.39, 0.29) is 0 Å². The molecule has 1 N–H and O–H groups in total. The van der Waals surface area contributed by atoms with Crippen molar-refractivity contribution >= 4 is 5.91 Å². The summed E-state index contributed by atoms with van der Waals surface area (Å²) in [6, 6.07) is 8.66. The van der Waals surface area contributed by atoms with Crippen molar-refractivity contribution < 1.29 is 4.79 Å². The van der Waals surface area contributed by atoms with Gasteiger partial charge in [-0.3, -0.25) is 4.79 Å². The molecule has 3 nitrogen and oxygen atoms in total. The van der Waals surface area contributed by atoms with Gasteiger partial charge in [-0.1, -0.05) is 43.7 Å². The Bertz CT molecular complexity index is 475. The van der Waals surface area contributed by atoms with E-state index in [4.69, 9.17) is 0 Å². The van der Waals surface area contributed by atoms with Gasteiger partial charge in [-0.25, -0.2) is 0 Å². The van der Waals surface area contributed by atoms with Crippen molar-refractivity contribution in [2.75, 3.05) is 26.2 Å². The number of benzene rings is 1. The predicted molar refractivity (Wildman–Crippen MR) is 96.7 cm³/mol. The van der Waals surface area contributed by atoms with Crippen molar-refractivity contribution in [3.63, 3.8) is 0 Å². The Kier molecular flexibility index (Phi) is 7.10. The molecule has 0 bridgehead atoms. The summed E-state index contributed by atoms with van der Waals surface area (Å²) >= 11 is 0. The van der Waals surface area contributed by atoms with Gasteiger partial charge in [0.05, 0.1) is 0 Å². The smallest absolute Gasteiger partial charge is 0.223 e. The van der Waals surface area contributed by atoms with Crippen molar-refractivity contribution in [3.05, 3.63) is 35.4 Å². The third-order valence-corrected chi connectivity index (χ3v) is 5.11. The molecule has 0 radical (unpaired) electrons. The number of nitrogens with one attached hydrogen (secondary N) is 1. The van der Waals surface area contributed by atoms with Gasteiger partial charge in [-0.15, -0.1) is 0 Å². The SMILES string of the molecule is CCNCC1CCN(C(=O)CC(CC)c2ccc(C)cc2)CC1. The van der Waals surface area contributed by atoms with E-state index in [2.05, 4.69) is 55.3 Å². The summed E-state index contributed by atoms with van der Waals surface area (Å²) in [4.78, 5) is 14.7. The third-order valence-electron chi connectivity index (χ3n) is 5.11. The lowest BCUT2D eigenvalue weighted by atomic mass is 9.91. The van der Waals surface area contributed by atoms with Crippen molar-refractivity contribution in [2.24, 2.45) is 5.92 Å². The molecule has 1 unspecified atom stereocenters. The van der Waals surface area contributed by atoms with Crippen molar-refractivity contribution in [3.8, 4) is 0 Å². The molecule has 0 aromatic heterocycles. The number of hydrogen-bond acceptors (Lipinski definition) is 2. The summed E-state index contributed by atoms with van der Waals surface area (Å²) < 4.78 is 0.